The molecule has 4 aromatic rings. The number of ether oxygens (including phenoxy) is 1. The number of carboxylic acids is 1. The van der Waals surface area contributed by atoms with Crippen LogP contribution in [0.4, 0.5) is 5.95 Å². The highest BCUT2D eigenvalue weighted by Gasteiger charge is 2.29. The normalized spacial score (nSPS) is 14.4. The van der Waals surface area contributed by atoms with Gasteiger partial charge in [-0.25, -0.2) is 9.97 Å². The SMILES string of the molecule is O=C(O)CCN(Cc1ccc(Cl)cc1)C(=O)c1cnc(N2CCC[C@@H]2COc2ccc(Cl)cc2)nc1CCc1ccccc1. The molecule has 10 heteroatoms. The summed E-state index contributed by atoms with van der Waals surface area (Å²) in [7, 11) is 0. The van der Waals surface area contributed by atoms with Gasteiger partial charge in [0.25, 0.3) is 5.91 Å². The summed E-state index contributed by atoms with van der Waals surface area (Å²) in [6.45, 7) is 1.53. The third-order valence-corrected chi connectivity index (χ3v) is 8.14. The van der Waals surface area contributed by atoms with E-state index in [0.29, 0.717) is 46.7 Å². The molecule has 1 amide bonds. The fraction of sp³-hybridized carbons (Fsp3) is 0.294. The van der Waals surface area contributed by atoms with Gasteiger partial charge < -0.3 is 19.6 Å². The minimum Gasteiger partial charge on any atom is -0.491 e. The van der Waals surface area contributed by atoms with E-state index in [2.05, 4.69) is 9.88 Å². The summed E-state index contributed by atoms with van der Waals surface area (Å²) < 4.78 is 6.06. The molecule has 1 fully saturated rings. The predicted octanol–water partition coefficient (Wildman–Crippen LogP) is 6.73. The zero-order valence-electron chi connectivity index (χ0n) is 24.2. The molecular formula is C34H34Cl2N4O4. The largest absolute Gasteiger partial charge is 0.491 e. The maximum absolute atomic E-state index is 14.0. The van der Waals surface area contributed by atoms with Crippen molar-refractivity contribution in [3.05, 3.63) is 117 Å². The van der Waals surface area contributed by atoms with E-state index in [-0.39, 0.29) is 31.5 Å². The second kappa shape index (κ2) is 15.0. The van der Waals surface area contributed by atoms with E-state index >= 15 is 0 Å². The highest BCUT2D eigenvalue weighted by molar-refractivity contribution is 6.30. The Bertz CT molecular complexity index is 1550. The van der Waals surface area contributed by atoms with Crippen LogP contribution < -0.4 is 9.64 Å². The number of benzene rings is 3. The lowest BCUT2D eigenvalue weighted by Crippen LogP contribution is -2.36. The number of halogens is 2. The van der Waals surface area contributed by atoms with Crippen molar-refractivity contribution < 1.29 is 19.4 Å². The molecule has 0 spiro atoms. The summed E-state index contributed by atoms with van der Waals surface area (Å²) in [4.78, 5) is 38.8. The number of rotatable bonds is 13. The number of carboxylic acid groups (broad SMARTS) is 1. The van der Waals surface area contributed by atoms with E-state index in [1.54, 1.807) is 35.4 Å². The Morgan fingerprint density at radius 2 is 1.64 bits per heavy atom. The fourth-order valence-corrected chi connectivity index (χ4v) is 5.53. The molecular weight excluding hydrogens is 599 g/mol. The molecule has 0 unspecified atom stereocenters. The van der Waals surface area contributed by atoms with E-state index in [9.17, 15) is 14.7 Å². The average molecular weight is 634 g/mol. The topological polar surface area (TPSA) is 95.9 Å². The number of carbonyl (C=O) groups is 2. The molecule has 3 aromatic carbocycles. The van der Waals surface area contributed by atoms with Crippen LogP contribution in [0, 0.1) is 0 Å². The number of aromatic nitrogens is 2. The molecule has 1 aliphatic heterocycles. The Labute approximate surface area is 267 Å². The van der Waals surface area contributed by atoms with Gasteiger partial charge in [-0.15, -0.1) is 0 Å². The smallest absolute Gasteiger partial charge is 0.305 e. The van der Waals surface area contributed by atoms with Crippen LogP contribution >= 0.6 is 23.2 Å². The number of anilines is 1. The maximum atomic E-state index is 14.0. The van der Waals surface area contributed by atoms with Crippen LogP contribution in [0.2, 0.25) is 10.0 Å². The lowest BCUT2D eigenvalue weighted by Gasteiger charge is -2.27. The lowest BCUT2D eigenvalue weighted by atomic mass is 10.0. The number of hydrogen-bond donors (Lipinski definition) is 1. The number of nitrogens with zero attached hydrogens (tertiary/aromatic N) is 4. The van der Waals surface area contributed by atoms with Gasteiger partial charge in [-0.1, -0.05) is 65.7 Å². The summed E-state index contributed by atoms with van der Waals surface area (Å²) in [6, 6.07) is 24.6. The Morgan fingerprint density at radius 3 is 2.34 bits per heavy atom. The van der Waals surface area contributed by atoms with Crippen molar-refractivity contribution in [1.82, 2.24) is 14.9 Å². The number of aliphatic carboxylic acids is 1. The van der Waals surface area contributed by atoms with Gasteiger partial charge in [0.2, 0.25) is 5.95 Å². The van der Waals surface area contributed by atoms with Crippen LogP contribution in [-0.4, -0.2) is 57.6 Å². The van der Waals surface area contributed by atoms with Crippen LogP contribution in [0.1, 0.15) is 46.4 Å². The first-order valence-corrected chi connectivity index (χ1v) is 15.4. The van der Waals surface area contributed by atoms with E-state index < -0.39 is 5.97 Å². The first-order valence-electron chi connectivity index (χ1n) is 14.7. The van der Waals surface area contributed by atoms with E-state index in [1.807, 2.05) is 54.6 Å². The minimum absolute atomic E-state index is 0.0485. The second-order valence-electron chi connectivity index (χ2n) is 10.8. The highest BCUT2D eigenvalue weighted by Crippen LogP contribution is 2.26. The monoisotopic (exact) mass is 632 g/mol. The Morgan fingerprint density at radius 1 is 0.932 bits per heavy atom. The summed E-state index contributed by atoms with van der Waals surface area (Å²) >= 11 is 12.1. The zero-order chi connectivity index (χ0) is 30.9. The van der Waals surface area contributed by atoms with Gasteiger partial charge >= 0.3 is 5.97 Å². The van der Waals surface area contributed by atoms with Crippen molar-refractivity contribution in [3.8, 4) is 5.75 Å². The number of aryl methyl sites for hydroxylation is 2. The standard InChI is InChI=1S/C34H34Cl2N4O4/c35-26-11-8-25(9-12-26)22-39(20-18-32(41)42)33(43)30-21-37-34(38-31(30)17-10-24-5-2-1-3-6-24)40-19-4-7-28(40)23-44-29-15-13-27(36)14-16-29/h1-3,5-6,8-9,11-16,21,28H,4,7,10,17-20,22-23H2,(H,41,42)/t28-/m1/s1. The zero-order valence-corrected chi connectivity index (χ0v) is 25.8. The quantitative estimate of drug-likeness (QED) is 0.174. The Hall–Kier alpha value is -4.14. The van der Waals surface area contributed by atoms with Crippen LogP contribution in [0.25, 0.3) is 0 Å². The van der Waals surface area contributed by atoms with Gasteiger partial charge in [-0.05, 0) is 73.2 Å². The maximum Gasteiger partial charge on any atom is 0.305 e. The molecule has 0 saturated carbocycles. The third-order valence-electron chi connectivity index (χ3n) is 7.64. The fourth-order valence-electron chi connectivity index (χ4n) is 5.28. The van der Waals surface area contributed by atoms with Gasteiger partial charge in [0.1, 0.15) is 12.4 Å². The van der Waals surface area contributed by atoms with Crippen molar-refractivity contribution in [2.75, 3.05) is 24.6 Å². The number of carbonyl (C=O) groups excluding carboxylic acids is 1. The molecule has 0 aliphatic carbocycles. The number of amides is 1. The van der Waals surface area contributed by atoms with Gasteiger partial charge in [0.05, 0.1) is 23.7 Å². The predicted molar refractivity (Wildman–Crippen MR) is 172 cm³/mol. The molecule has 1 aliphatic rings. The van der Waals surface area contributed by atoms with Gasteiger partial charge in [-0.2, -0.15) is 0 Å². The van der Waals surface area contributed by atoms with E-state index in [0.717, 1.165) is 36.3 Å². The highest BCUT2D eigenvalue weighted by atomic mass is 35.5. The average Bonchev–Trinajstić information content (AvgIpc) is 3.51. The van der Waals surface area contributed by atoms with Crippen LogP contribution in [0.5, 0.6) is 5.75 Å². The van der Waals surface area contributed by atoms with Crippen LogP contribution in [0.3, 0.4) is 0 Å². The molecule has 2 heterocycles. The Balaban J connectivity index is 1.41. The molecule has 1 aromatic heterocycles. The van der Waals surface area contributed by atoms with Crippen molar-refractivity contribution in [3.63, 3.8) is 0 Å². The molecule has 0 bridgehead atoms. The third kappa shape index (κ3) is 8.49. The minimum atomic E-state index is -0.976. The first kappa shape index (κ1) is 31.3. The van der Waals surface area contributed by atoms with Gasteiger partial charge in [0.15, 0.2) is 0 Å². The van der Waals surface area contributed by atoms with E-state index in [4.69, 9.17) is 32.9 Å². The van der Waals surface area contributed by atoms with Gasteiger partial charge in [0, 0.05) is 35.9 Å². The summed E-state index contributed by atoms with van der Waals surface area (Å²) in [5.41, 5.74) is 2.98. The van der Waals surface area contributed by atoms with Crippen LogP contribution in [0.15, 0.2) is 85.1 Å². The molecule has 228 valence electrons. The molecule has 1 saturated heterocycles. The summed E-state index contributed by atoms with van der Waals surface area (Å²) in [5, 5.41) is 10.6. The van der Waals surface area contributed by atoms with Crippen LogP contribution in [-0.2, 0) is 24.2 Å². The summed E-state index contributed by atoms with van der Waals surface area (Å²) in [6.07, 6.45) is 4.53. The van der Waals surface area contributed by atoms with Gasteiger partial charge in [-0.3, -0.25) is 9.59 Å². The summed E-state index contributed by atoms with van der Waals surface area (Å²) in [5.74, 6) is 0.0194. The molecule has 0 radical (unpaired) electrons. The van der Waals surface area contributed by atoms with Crippen molar-refractivity contribution >= 4 is 41.0 Å². The molecule has 1 atom stereocenters. The molecule has 44 heavy (non-hydrogen) atoms. The lowest BCUT2D eigenvalue weighted by molar-refractivity contribution is -0.137. The van der Waals surface area contributed by atoms with Crippen molar-refractivity contribution in [1.29, 1.82) is 0 Å². The molecule has 5 rings (SSSR count). The Kier molecular flexibility index (Phi) is 10.7. The first-order chi connectivity index (χ1) is 21.4. The second-order valence-corrected chi connectivity index (χ2v) is 11.6. The number of hydrogen-bond acceptors (Lipinski definition) is 6. The molecule has 8 nitrogen and oxygen atoms in total. The van der Waals surface area contributed by atoms with Crippen molar-refractivity contribution in [2.45, 2.75) is 44.7 Å². The molecule has 1 N–H and O–H groups in total. The van der Waals surface area contributed by atoms with E-state index in [1.165, 1.54) is 0 Å². The van der Waals surface area contributed by atoms with Crippen molar-refractivity contribution in [2.24, 2.45) is 0 Å².